The fourth-order valence-electron chi connectivity index (χ4n) is 3.50. The van der Waals surface area contributed by atoms with Crippen LogP contribution in [-0.4, -0.2) is 34.6 Å². The Bertz CT molecular complexity index is 875. The number of aryl methyl sites for hydroxylation is 3. The van der Waals surface area contributed by atoms with E-state index in [2.05, 4.69) is 18.4 Å². The molecule has 0 unspecified atom stereocenters. The van der Waals surface area contributed by atoms with E-state index in [0.717, 1.165) is 25.0 Å². The molecule has 26 heavy (non-hydrogen) atoms. The minimum absolute atomic E-state index is 0.0149. The van der Waals surface area contributed by atoms with Crippen molar-refractivity contribution in [2.75, 3.05) is 13.1 Å². The van der Waals surface area contributed by atoms with Crippen LogP contribution >= 0.6 is 11.3 Å². The number of hydrogen-bond acceptors (Lipinski definition) is 4. The zero-order valence-corrected chi connectivity index (χ0v) is 16.1. The van der Waals surface area contributed by atoms with Gasteiger partial charge in [0.1, 0.15) is 11.9 Å². The highest BCUT2D eigenvalue weighted by Gasteiger charge is 2.32. The predicted molar refractivity (Wildman–Crippen MR) is 102 cm³/mol. The molecular weight excluding hydrogens is 348 g/mol. The molecule has 1 saturated carbocycles. The van der Waals surface area contributed by atoms with Crippen LogP contribution in [0.2, 0.25) is 0 Å². The zero-order valence-electron chi connectivity index (χ0n) is 15.2. The number of carbonyl (C=O) groups is 1. The first kappa shape index (κ1) is 17.3. The molecule has 1 aliphatic carbocycles. The molecule has 0 aromatic carbocycles. The molecule has 2 aromatic heterocycles. The number of hydrogen-bond donors (Lipinski definition) is 0. The van der Waals surface area contributed by atoms with Crippen LogP contribution in [0.5, 0.6) is 5.75 Å². The highest BCUT2D eigenvalue weighted by atomic mass is 32.1. The predicted octanol–water partition coefficient (Wildman–Crippen LogP) is 3.08. The summed E-state index contributed by atoms with van der Waals surface area (Å²) in [7, 11) is 0. The summed E-state index contributed by atoms with van der Waals surface area (Å²) < 4.78 is 7.77. The van der Waals surface area contributed by atoms with Crippen molar-refractivity contribution < 1.29 is 9.53 Å². The Morgan fingerprint density at radius 2 is 2.04 bits per heavy atom. The molecule has 6 heteroatoms. The van der Waals surface area contributed by atoms with Crippen molar-refractivity contribution in [2.24, 2.45) is 0 Å². The standard InChI is InChI=1S/C20H24N2O3S/c1-13-7-8-26-18(13)5-6-19(23)21-11-17(12-21)25-16-9-14(2)22(15-3-4-15)20(24)10-16/h7-10,15,17H,3-6,11-12H2,1-2H3. The molecule has 5 nitrogen and oxygen atoms in total. The van der Waals surface area contributed by atoms with E-state index in [1.807, 2.05) is 22.5 Å². The van der Waals surface area contributed by atoms with Crippen molar-refractivity contribution in [1.82, 2.24) is 9.47 Å². The smallest absolute Gasteiger partial charge is 0.254 e. The maximum absolute atomic E-state index is 12.3. The third-order valence-corrected chi connectivity index (χ3v) is 6.27. The van der Waals surface area contributed by atoms with Crippen LogP contribution in [0.15, 0.2) is 28.4 Å². The first-order valence-electron chi connectivity index (χ1n) is 9.22. The second-order valence-electron chi connectivity index (χ2n) is 7.34. The van der Waals surface area contributed by atoms with Crippen LogP contribution in [0.3, 0.4) is 0 Å². The van der Waals surface area contributed by atoms with Gasteiger partial charge in [0, 0.05) is 29.1 Å². The second-order valence-corrected chi connectivity index (χ2v) is 8.34. The van der Waals surface area contributed by atoms with Gasteiger partial charge in [0.05, 0.1) is 13.1 Å². The van der Waals surface area contributed by atoms with E-state index in [4.69, 9.17) is 4.74 Å². The van der Waals surface area contributed by atoms with Gasteiger partial charge in [-0.1, -0.05) is 0 Å². The fraction of sp³-hybridized carbons (Fsp3) is 0.500. The molecule has 1 amide bonds. The van der Waals surface area contributed by atoms with Crippen molar-refractivity contribution >= 4 is 17.2 Å². The number of carbonyl (C=O) groups excluding carboxylic acids is 1. The SMILES string of the molecule is Cc1ccsc1CCC(=O)N1CC(Oc2cc(C)n(C3CC3)c(=O)c2)C1. The van der Waals surface area contributed by atoms with Gasteiger partial charge in [-0.05, 0) is 56.2 Å². The Morgan fingerprint density at radius 3 is 2.65 bits per heavy atom. The first-order valence-corrected chi connectivity index (χ1v) is 10.1. The summed E-state index contributed by atoms with van der Waals surface area (Å²) in [5.41, 5.74) is 2.23. The van der Waals surface area contributed by atoms with Crippen molar-refractivity contribution in [3.8, 4) is 5.75 Å². The maximum Gasteiger partial charge on any atom is 0.254 e. The number of rotatable bonds is 6. The largest absolute Gasteiger partial charge is 0.486 e. The van der Waals surface area contributed by atoms with E-state index < -0.39 is 0 Å². The number of likely N-dealkylation sites (tertiary alicyclic amines) is 1. The average Bonchev–Trinajstić information content (AvgIpc) is 3.29. The van der Waals surface area contributed by atoms with Crippen LogP contribution in [0.4, 0.5) is 0 Å². The van der Waals surface area contributed by atoms with Gasteiger partial charge in [-0.15, -0.1) is 11.3 Å². The molecule has 0 atom stereocenters. The van der Waals surface area contributed by atoms with Gasteiger partial charge in [-0.25, -0.2) is 0 Å². The Hall–Kier alpha value is -2.08. The van der Waals surface area contributed by atoms with Gasteiger partial charge >= 0.3 is 0 Å². The lowest BCUT2D eigenvalue weighted by molar-refractivity contribution is -0.139. The Balaban J connectivity index is 1.28. The van der Waals surface area contributed by atoms with Crippen LogP contribution < -0.4 is 10.3 Å². The maximum atomic E-state index is 12.3. The summed E-state index contributed by atoms with van der Waals surface area (Å²) in [5.74, 6) is 0.800. The number of ether oxygens (including phenoxy) is 1. The van der Waals surface area contributed by atoms with Gasteiger partial charge in [0.15, 0.2) is 0 Å². The van der Waals surface area contributed by atoms with Crippen molar-refractivity contribution in [3.63, 3.8) is 0 Å². The summed E-state index contributed by atoms with van der Waals surface area (Å²) in [6.07, 6.45) is 3.52. The van der Waals surface area contributed by atoms with Gasteiger partial charge in [0.25, 0.3) is 5.56 Å². The molecule has 0 spiro atoms. The summed E-state index contributed by atoms with van der Waals surface area (Å²) in [6.45, 7) is 5.25. The van der Waals surface area contributed by atoms with Crippen LogP contribution in [0.1, 0.15) is 41.4 Å². The third kappa shape index (κ3) is 3.56. The summed E-state index contributed by atoms with van der Waals surface area (Å²) in [6, 6.07) is 5.98. The monoisotopic (exact) mass is 372 g/mol. The molecule has 2 aromatic rings. The molecule has 2 aliphatic rings. The molecule has 0 N–H and O–H groups in total. The highest BCUT2D eigenvalue weighted by Crippen LogP contribution is 2.35. The summed E-state index contributed by atoms with van der Waals surface area (Å²) in [4.78, 5) is 27.7. The second kappa shape index (κ2) is 6.91. The van der Waals surface area contributed by atoms with Gasteiger partial charge in [-0.3, -0.25) is 9.59 Å². The van der Waals surface area contributed by atoms with E-state index in [1.54, 1.807) is 17.4 Å². The Morgan fingerprint density at radius 1 is 1.27 bits per heavy atom. The number of pyridine rings is 1. The van der Waals surface area contributed by atoms with Crippen molar-refractivity contribution in [3.05, 3.63) is 50.1 Å². The molecule has 2 fully saturated rings. The van der Waals surface area contributed by atoms with Crippen LogP contribution in [0, 0.1) is 13.8 Å². The Kier molecular flexibility index (Phi) is 4.61. The van der Waals surface area contributed by atoms with E-state index in [0.29, 0.717) is 31.3 Å². The minimum Gasteiger partial charge on any atom is -0.486 e. The van der Waals surface area contributed by atoms with Gasteiger partial charge in [-0.2, -0.15) is 0 Å². The normalized spacial score (nSPS) is 17.2. The topological polar surface area (TPSA) is 51.5 Å². The lowest BCUT2D eigenvalue weighted by Gasteiger charge is -2.39. The quantitative estimate of drug-likeness (QED) is 0.783. The van der Waals surface area contributed by atoms with Crippen molar-refractivity contribution in [2.45, 2.75) is 51.7 Å². The fourth-order valence-corrected chi connectivity index (χ4v) is 4.41. The van der Waals surface area contributed by atoms with Crippen LogP contribution in [-0.2, 0) is 11.2 Å². The van der Waals surface area contributed by atoms with E-state index in [-0.39, 0.29) is 17.6 Å². The zero-order chi connectivity index (χ0) is 18.3. The number of thiophene rings is 1. The highest BCUT2D eigenvalue weighted by molar-refractivity contribution is 7.10. The Labute approximate surface area is 157 Å². The molecule has 138 valence electrons. The lowest BCUT2D eigenvalue weighted by atomic mass is 10.1. The third-order valence-electron chi connectivity index (χ3n) is 5.18. The van der Waals surface area contributed by atoms with Crippen LogP contribution in [0.25, 0.3) is 0 Å². The lowest BCUT2D eigenvalue weighted by Crippen LogP contribution is -2.56. The van der Waals surface area contributed by atoms with Gasteiger partial charge in [0.2, 0.25) is 5.91 Å². The minimum atomic E-state index is -0.0157. The van der Waals surface area contributed by atoms with Crippen molar-refractivity contribution in [1.29, 1.82) is 0 Å². The number of amides is 1. The number of aromatic nitrogens is 1. The summed E-state index contributed by atoms with van der Waals surface area (Å²) >= 11 is 1.71. The first-order chi connectivity index (χ1) is 12.5. The molecule has 0 radical (unpaired) electrons. The van der Waals surface area contributed by atoms with Gasteiger partial charge < -0.3 is 14.2 Å². The van der Waals surface area contributed by atoms with E-state index in [9.17, 15) is 9.59 Å². The molecule has 1 saturated heterocycles. The molecule has 3 heterocycles. The molecular formula is C20H24N2O3S. The molecule has 1 aliphatic heterocycles. The molecule has 0 bridgehead atoms. The molecule has 4 rings (SSSR count). The average molecular weight is 372 g/mol. The summed E-state index contributed by atoms with van der Waals surface area (Å²) in [5, 5.41) is 2.07. The van der Waals surface area contributed by atoms with E-state index >= 15 is 0 Å². The van der Waals surface area contributed by atoms with E-state index in [1.165, 1.54) is 10.4 Å². The number of nitrogens with zero attached hydrogens (tertiary/aromatic N) is 2.